The van der Waals surface area contributed by atoms with Gasteiger partial charge in [0.05, 0.1) is 11.9 Å². The van der Waals surface area contributed by atoms with Crippen LogP contribution in [0.25, 0.3) is 0 Å². The average molecular weight is 335 g/mol. The van der Waals surface area contributed by atoms with Crippen LogP contribution in [0.4, 0.5) is 5.69 Å². The van der Waals surface area contributed by atoms with Crippen molar-refractivity contribution < 1.29 is 0 Å². The van der Waals surface area contributed by atoms with Gasteiger partial charge in [-0.05, 0) is 49.4 Å². The summed E-state index contributed by atoms with van der Waals surface area (Å²) in [6, 6.07) is 19.6. The molecule has 2 aromatic rings. The molecule has 2 atom stereocenters. The molecule has 2 aromatic carbocycles. The molecule has 132 valence electrons. The van der Waals surface area contributed by atoms with Crippen molar-refractivity contribution in [3.63, 3.8) is 0 Å². The molecular formula is C22H29N3. The van der Waals surface area contributed by atoms with Gasteiger partial charge in [-0.15, -0.1) is 0 Å². The Morgan fingerprint density at radius 2 is 1.76 bits per heavy atom. The molecule has 1 unspecified atom stereocenters. The number of rotatable bonds is 6. The summed E-state index contributed by atoms with van der Waals surface area (Å²) >= 11 is 0. The molecule has 1 aliphatic rings. The van der Waals surface area contributed by atoms with Crippen LogP contribution in [-0.2, 0) is 6.42 Å². The quantitative estimate of drug-likeness (QED) is 0.826. The second-order valence-corrected chi connectivity index (χ2v) is 7.25. The first-order valence-corrected chi connectivity index (χ1v) is 9.22. The lowest BCUT2D eigenvalue weighted by molar-refractivity contribution is 0.362. The van der Waals surface area contributed by atoms with E-state index >= 15 is 0 Å². The number of likely N-dealkylation sites (tertiary alicyclic amines) is 1. The number of hydrogen-bond donors (Lipinski definition) is 1. The molecule has 3 nitrogen and oxygen atoms in total. The highest BCUT2D eigenvalue weighted by Crippen LogP contribution is 2.31. The van der Waals surface area contributed by atoms with Crippen LogP contribution in [0.5, 0.6) is 0 Å². The summed E-state index contributed by atoms with van der Waals surface area (Å²) < 4.78 is 0. The smallest absolute Gasteiger partial charge is 0.0995 e. The van der Waals surface area contributed by atoms with Gasteiger partial charge in [-0.3, -0.25) is 5.41 Å². The van der Waals surface area contributed by atoms with Crippen LogP contribution < -0.4 is 4.90 Å². The zero-order chi connectivity index (χ0) is 17.8. The number of amidine groups is 1. The minimum atomic E-state index is 0.290. The summed E-state index contributed by atoms with van der Waals surface area (Å²) in [5.41, 5.74) is 3.90. The Morgan fingerprint density at radius 3 is 2.40 bits per heavy atom. The van der Waals surface area contributed by atoms with Crippen molar-refractivity contribution >= 4 is 11.5 Å². The van der Waals surface area contributed by atoms with Gasteiger partial charge in [-0.25, -0.2) is 0 Å². The molecule has 0 aromatic heterocycles. The molecule has 3 rings (SSSR count). The second kappa shape index (κ2) is 7.73. The monoisotopic (exact) mass is 335 g/mol. The molecule has 0 bridgehead atoms. The standard InChI is InChI=1S/C22H29N3/c1-17(19-7-5-4-6-8-19)25-16-15-20(22(25)23)12-9-18-10-13-21(14-11-18)24(2)3/h4-8,10-11,13-14,17,20,23H,9,12,15-16H2,1-3H3/t17-,20?/m0/s1. The largest absolute Gasteiger partial charge is 0.378 e. The number of anilines is 1. The van der Waals surface area contributed by atoms with Gasteiger partial charge in [0, 0.05) is 32.2 Å². The van der Waals surface area contributed by atoms with E-state index in [1.807, 2.05) is 0 Å². The number of nitrogens with one attached hydrogen (secondary N) is 1. The van der Waals surface area contributed by atoms with Crippen molar-refractivity contribution in [3.05, 3.63) is 65.7 Å². The van der Waals surface area contributed by atoms with Gasteiger partial charge in [-0.1, -0.05) is 42.5 Å². The van der Waals surface area contributed by atoms with E-state index < -0.39 is 0 Å². The SMILES string of the molecule is C[C@@H](c1ccccc1)N1CCC(CCc2ccc(N(C)C)cc2)C1=N. The van der Waals surface area contributed by atoms with Crippen molar-refractivity contribution in [1.82, 2.24) is 4.90 Å². The van der Waals surface area contributed by atoms with Crippen LogP contribution in [0.15, 0.2) is 54.6 Å². The molecule has 1 fully saturated rings. The van der Waals surface area contributed by atoms with Crippen LogP contribution in [0, 0.1) is 11.3 Å². The lowest BCUT2D eigenvalue weighted by Gasteiger charge is -2.27. The zero-order valence-corrected chi connectivity index (χ0v) is 15.6. The van der Waals surface area contributed by atoms with E-state index in [4.69, 9.17) is 5.41 Å². The van der Waals surface area contributed by atoms with Gasteiger partial charge in [0.1, 0.15) is 0 Å². The van der Waals surface area contributed by atoms with Crippen molar-refractivity contribution in [1.29, 1.82) is 5.41 Å². The fourth-order valence-electron chi connectivity index (χ4n) is 3.68. The summed E-state index contributed by atoms with van der Waals surface area (Å²) in [4.78, 5) is 4.40. The Hall–Kier alpha value is -2.29. The molecular weight excluding hydrogens is 306 g/mol. The first-order chi connectivity index (χ1) is 12.1. The van der Waals surface area contributed by atoms with Gasteiger partial charge in [-0.2, -0.15) is 0 Å². The van der Waals surface area contributed by atoms with Crippen LogP contribution in [0.1, 0.15) is 36.9 Å². The van der Waals surface area contributed by atoms with E-state index in [-0.39, 0.29) is 6.04 Å². The fourth-order valence-corrected chi connectivity index (χ4v) is 3.68. The highest BCUT2D eigenvalue weighted by molar-refractivity contribution is 5.84. The number of hydrogen-bond acceptors (Lipinski definition) is 2. The maximum atomic E-state index is 8.62. The van der Waals surface area contributed by atoms with Gasteiger partial charge in [0.15, 0.2) is 0 Å². The van der Waals surface area contributed by atoms with Crippen LogP contribution in [-0.4, -0.2) is 31.4 Å². The van der Waals surface area contributed by atoms with E-state index in [9.17, 15) is 0 Å². The lowest BCUT2D eigenvalue weighted by atomic mass is 9.97. The summed E-state index contributed by atoms with van der Waals surface area (Å²) in [5.74, 6) is 1.21. The van der Waals surface area contributed by atoms with Crippen LogP contribution >= 0.6 is 0 Å². The van der Waals surface area contributed by atoms with E-state index in [1.165, 1.54) is 16.8 Å². The van der Waals surface area contributed by atoms with Gasteiger partial charge in [0.2, 0.25) is 0 Å². The Bertz CT molecular complexity index is 691. The maximum Gasteiger partial charge on any atom is 0.0995 e. The summed E-state index contributed by atoms with van der Waals surface area (Å²) in [5, 5.41) is 8.62. The van der Waals surface area contributed by atoms with E-state index in [0.717, 1.165) is 31.6 Å². The van der Waals surface area contributed by atoms with Gasteiger partial charge >= 0.3 is 0 Å². The topological polar surface area (TPSA) is 30.3 Å². The minimum absolute atomic E-state index is 0.290. The Balaban J connectivity index is 1.57. The van der Waals surface area contributed by atoms with E-state index in [0.29, 0.717) is 5.92 Å². The maximum absolute atomic E-state index is 8.62. The van der Waals surface area contributed by atoms with Crippen molar-refractivity contribution in [2.24, 2.45) is 5.92 Å². The van der Waals surface area contributed by atoms with E-state index in [2.05, 4.69) is 85.4 Å². The van der Waals surface area contributed by atoms with Gasteiger partial charge in [0.25, 0.3) is 0 Å². The second-order valence-electron chi connectivity index (χ2n) is 7.25. The summed E-state index contributed by atoms with van der Waals surface area (Å²) in [6.07, 6.45) is 3.22. The van der Waals surface area contributed by atoms with Crippen molar-refractivity contribution in [3.8, 4) is 0 Å². The first-order valence-electron chi connectivity index (χ1n) is 9.22. The summed E-state index contributed by atoms with van der Waals surface area (Å²) in [7, 11) is 4.13. The molecule has 0 saturated carbocycles. The van der Waals surface area contributed by atoms with Crippen LogP contribution in [0.2, 0.25) is 0 Å². The third-order valence-electron chi connectivity index (χ3n) is 5.40. The Kier molecular flexibility index (Phi) is 5.42. The van der Waals surface area contributed by atoms with Crippen LogP contribution in [0.3, 0.4) is 0 Å². The predicted octanol–water partition coefficient (Wildman–Crippen LogP) is 4.75. The van der Waals surface area contributed by atoms with Gasteiger partial charge < -0.3 is 9.80 Å². The highest BCUT2D eigenvalue weighted by Gasteiger charge is 2.31. The van der Waals surface area contributed by atoms with Crippen molar-refractivity contribution in [2.75, 3.05) is 25.5 Å². The summed E-state index contributed by atoms with van der Waals surface area (Å²) in [6.45, 7) is 3.21. The molecule has 1 heterocycles. The molecule has 25 heavy (non-hydrogen) atoms. The Labute approximate surface area is 151 Å². The number of nitrogens with zero attached hydrogens (tertiary/aromatic N) is 2. The third kappa shape index (κ3) is 4.04. The molecule has 0 spiro atoms. The molecule has 0 amide bonds. The third-order valence-corrected chi connectivity index (χ3v) is 5.40. The minimum Gasteiger partial charge on any atom is -0.378 e. The molecule has 0 radical (unpaired) electrons. The van der Waals surface area contributed by atoms with E-state index in [1.54, 1.807) is 0 Å². The van der Waals surface area contributed by atoms with Crippen molar-refractivity contribution in [2.45, 2.75) is 32.2 Å². The number of aryl methyl sites for hydroxylation is 1. The molecule has 0 aliphatic carbocycles. The molecule has 1 N–H and O–H groups in total. The fraction of sp³-hybridized carbons (Fsp3) is 0.409. The number of benzene rings is 2. The molecule has 1 aliphatic heterocycles. The molecule has 1 saturated heterocycles. The normalized spacial score (nSPS) is 18.4. The lowest BCUT2D eigenvalue weighted by Crippen LogP contribution is -2.29. The first kappa shape index (κ1) is 17.5. The highest BCUT2D eigenvalue weighted by atomic mass is 15.2. The average Bonchev–Trinajstić information content (AvgIpc) is 3.01. The predicted molar refractivity (Wildman–Crippen MR) is 106 cm³/mol. The zero-order valence-electron chi connectivity index (χ0n) is 15.6. The molecule has 3 heteroatoms. The Morgan fingerprint density at radius 1 is 1.08 bits per heavy atom.